The summed E-state index contributed by atoms with van der Waals surface area (Å²) >= 11 is 0. The maximum absolute atomic E-state index is 11.5. The van der Waals surface area contributed by atoms with Crippen LogP contribution >= 0.6 is 0 Å². The molecular formula is C10H15NO5. The molecule has 1 heterocycles. The number of carbonyl (C=O) groups is 3. The van der Waals surface area contributed by atoms with Crippen LogP contribution in [0.15, 0.2) is 0 Å². The summed E-state index contributed by atoms with van der Waals surface area (Å²) in [5, 5.41) is 0. The average Bonchev–Trinajstić information content (AvgIpc) is 2.71. The molecule has 6 heteroatoms. The number of carbonyl (C=O) groups excluding carboxylic acids is 3. The van der Waals surface area contributed by atoms with Gasteiger partial charge >= 0.3 is 11.9 Å². The first-order chi connectivity index (χ1) is 7.52. The number of ether oxygens (including phenoxy) is 2. The van der Waals surface area contributed by atoms with E-state index in [1.54, 1.807) is 0 Å². The van der Waals surface area contributed by atoms with E-state index in [2.05, 4.69) is 9.47 Å². The number of amides is 1. The highest BCUT2D eigenvalue weighted by molar-refractivity contribution is 5.89. The minimum atomic E-state index is -0.852. The number of esters is 2. The number of hydrogen-bond donors (Lipinski definition) is 0. The monoisotopic (exact) mass is 229 g/mol. The summed E-state index contributed by atoms with van der Waals surface area (Å²) in [4.78, 5) is 35.6. The fourth-order valence-electron chi connectivity index (χ4n) is 1.96. The van der Waals surface area contributed by atoms with Crippen LogP contribution in [0.1, 0.15) is 13.3 Å². The lowest BCUT2D eigenvalue weighted by molar-refractivity contribution is -0.158. The molecule has 0 spiro atoms. The second-order valence-corrected chi connectivity index (χ2v) is 3.60. The Hall–Kier alpha value is -1.59. The van der Waals surface area contributed by atoms with Gasteiger partial charge in [0.15, 0.2) is 0 Å². The van der Waals surface area contributed by atoms with Gasteiger partial charge in [0, 0.05) is 13.5 Å². The molecule has 1 aliphatic heterocycles. The van der Waals surface area contributed by atoms with Crippen LogP contribution in [0, 0.1) is 5.92 Å². The first-order valence-corrected chi connectivity index (χ1v) is 4.95. The molecule has 0 bridgehead atoms. The van der Waals surface area contributed by atoms with Crippen molar-refractivity contribution in [3.8, 4) is 0 Å². The Kier molecular flexibility index (Phi) is 3.87. The van der Waals surface area contributed by atoms with Crippen LogP contribution in [0.2, 0.25) is 0 Å². The third-order valence-corrected chi connectivity index (χ3v) is 2.75. The van der Waals surface area contributed by atoms with Crippen LogP contribution in [-0.2, 0) is 23.9 Å². The Morgan fingerprint density at radius 3 is 2.12 bits per heavy atom. The molecule has 90 valence electrons. The van der Waals surface area contributed by atoms with E-state index in [1.807, 2.05) is 0 Å². The van der Waals surface area contributed by atoms with E-state index in [1.165, 1.54) is 26.0 Å². The van der Waals surface area contributed by atoms with E-state index in [9.17, 15) is 14.4 Å². The van der Waals surface area contributed by atoms with Gasteiger partial charge in [0.1, 0.15) is 6.04 Å². The van der Waals surface area contributed by atoms with Crippen molar-refractivity contribution in [1.29, 1.82) is 0 Å². The van der Waals surface area contributed by atoms with Gasteiger partial charge in [-0.25, -0.2) is 4.79 Å². The zero-order valence-corrected chi connectivity index (χ0v) is 9.56. The van der Waals surface area contributed by atoms with E-state index in [-0.39, 0.29) is 5.91 Å². The van der Waals surface area contributed by atoms with Crippen LogP contribution < -0.4 is 0 Å². The average molecular weight is 229 g/mol. The highest BCUT2D eigenvalue weighted by Gasteiger charge is 2.45. The summed E-state index contributed by atoms with van der Waals surface area (Å²) in [5.41, 5.74) is 0. The molecule has 0 N–H and O–H groups in total. The summed E-state index contributed by atoms with van der Waals surface area (Å²) < 4.78 is 9.20. The van der Waals surface area contributed by atoms with E-state index in [0.717, 1.165) is 0 Å². The lowest BCUT2D eigenvalue weighted by Crippen LogP contribution is -2.45. The molecule has 2 atom stereocenters. The Bertz CT molecular complexity index is 314. The molecule has 1 aliphatic rings. The fraction of sp³-hybridized carbons (Fsp3) is 0.700. The maximum Gasteiger partial charge on any atom is 0.329 e. The molecule has 0 saturated carbocycles. The highest BCUT2D eigenvalue weighted by atomic mass is 16.5. The van der Waals surface area contributed by atoms with Crippen molar-refractivity contribution >= 4 is 17.8 Å². The molecule has 6 nitrogen and oxygen atoms in total. The van der Waals surface area contributed by atoms with E-state index in [4.69, 9.17) is 0 Å². The standard InChI is InChI=1S/C10H15NO5/c1-6(12)11-5-4-7(9(13)15-2)8(11)10(14)16-3/h7-8H,4-5H2,1-3H3/t7-,8+/m0/s1. The van der Waals surface area contributed by atoms with E-state index >= 15 is 0 Å². The molecular weight excluding hydrogens is 214 g/mol. The van der Waals surface area contributed by atoms with E-state index < -0.39 is 23.9 Å². The first-order valence-electron chi connectivity index (χ1n) is 4.95. The second-order valence-electron chi connectivity index (χ2n) is 3.60. The summed E-state index contributed by atoms with van der Waals surface area (Å²) in [5.74, 6) is -1.94. The number of nitrogens with zero attached hydrogens (tertiary/aromatic N) is 1. The quantitative estimate of drug-likeness (QED) is 0.601. The molecule has 1 saturated heterocycles. The molecule has 1 fully saturated rings. The molecule has 0 aromatic rings. The van der Waals surface area contributed by atoms with Gasteiger partial charge in [0.2, 0.25) is 5.91 Å². The minimum Gasteiger partial charge on any atom is -0.469 e. The van der Waals surface area contributed by atoms with Crippen molar-refractivity contribution in [2.24, 2.45) is 5.92 Å². The second kappa shape index (κ2) is 4.96. The van der Waals surface area contributed by atoms with Crippen LogP contribution in [0.5, 0.6) is 0 Å². The number of rotatable bonds is 2. The van der Waals surface area contributed by atoms with Gasteiger partial charge in [-0.05, 0) is 6.42 Å². The number of hydrogen-bond acceptors (Lipinski definition) is 5. The lowest BCUT2D eigenvalue weighted by atomic mass is 10.0. The first kappa shape index (κ1) is 12.5. The van der Waals surface area contributed by atoms with Crippen LogP contribution in [-0.4, -0.2) is 49.6 Å². The fourth-order valence-corrected chi connectivity index (χ4v) is 1.96. The van der Waals surface area contributed by atoms with Crippen LogP contribution in [0.4, 0.5) is 0 Å². The van der Waals surface area contributed by atoms with Crippen LogP contribution in [0.25, 0.3) is 0 Å². The van der Waals surface area contributed by atoms with Gasteiger partial charge in [-0.15, -0.1) is 0 Å². The molecule has 1 rings (SSSR count). The van der Waals surface area contributed by atoms with E-state index in [0.29, 0.717) is 13.0 Å². The summed E-state index contributed by atoms with van der Waals surface area (Å²) in [6.45, 7) is 1.73. The van der Waals surface area contributed by atoms with Crippen LogP contribution in [0.3, 0.4) is 0 Å². The molecule has 1 amide bonds. The van der Waals surface area contributed by atoms with Gasteiger partial charge in [0.25, 0.3) is 0 Å². The van der Waals surface area contributed by atoms with Crippen molar-refractivity contribution in [2.75, 3.05) is 20.8 Å². The predicted octanol–water partition coefficient (Wildman–Crippen LogP) is -0.431. The Balaban J connectivity index is 2.92. The third kappa shape index (κ3) is 2.15. The molecule has 0 aliphatic carbocycles. The SMILES string of the molecule is COC(=O)[C@H]1CCN(C(C)=O)[C@H]1C(=O)OC. The topological polar surface area (TPSA) is 72.9 Å². The van der Waals surface area contributed by atoms with Crippen molar-refractivity contribution in [2.45, 2.75) is 19.4 Å². The van der Waals surface area contributed by atoms with Crippen molar-refractivity contribution in [1.82, 2.24) is 4.90 Å². The number of likely N-dealkylation sites (tertiary alicyclic amines) is 1. The highest BCUT2D eigenvalue weighted by Crippen LogP contribution is 2.26. The normalized spacial score (nSPS) is 24.1. The van der Waals surface area contributed by atoms with Crippen molar-refractivity contribution < 1.29 is 23.9 Å². The zero-order valence-electron chi connectivity index (χ0n) is 9.56. The van der Waals surface area contributed by atoms with Crippen molar-refractivity contribution in [3.05, 3.63) is 0 Å². The van der Waals surface area contributed by atoms with Gasteiger partial charge in [-0.1, -0.05) is 0 Å². The Labute approximate surface area is 93.5 Å². The molecule has 0 aromatic carbocycles. The Morgan fingerprint density at radius 2 is 1.69 bits per heavy atom. The lowest BCUT2D eigenvalue weighted by Gasteiger charge is -2.23. The van der Waals surface area contributed by atoms with Gasteiger partial charge < -0.3 is 14.4 Å². The molecule has 16 heavy (non-hydrogen) atoms. The maximum atomic E-state index is 11.5. The predicted molar refractivity (Wildman–Crippen MR) is 53.3 cm³/mol. The van der Waals surface area contributed by atoms with Crippen molar-refractivity contribution in [3.63, 3.8) is 0 Å². The third-order valence-electron chi connectivity index (χ3n) is 2.75. The zero-order chi connectivity index (χ0) is 12.3. The van der Waals surface area contributed by atoms with Gasteiger partial charge in [-0.2, -0.15) is 0 Å². The summed E-state index contributed by atoms with van der Waals surface area (Å²) in [6, 6.07) is -0.852. The molecule has 0 unspecified atom stereocenters. The molecule has 0 aromatic heterocycles. The Morgan fingerprint density at radius 1 is 1.12 bits per heavy atom. The van der Waals surface area contributed by atoms with Gasteiger partial charge in [0.05, 0.1) is 20.1 Å². The summed E-state index contributed by atoms with van der Waals surface area (Å²) in [6.07, 6.45) is 0.423. The summed E-state index contributed by atoms with van der Waals surface area (Å²) in [7, 11) is 2.49. The van der Waals surface area contributed by atoms with Gasteiger partial charge in [-0.3, -0.25) is 9.59 Å². The minimum absolute atomic E-state index is 0.248. The number of methoxy groups -OCH3 is 2. The molecule has 0 radical (unpaired) electrons. The smallest absolute Gasteiger partial charge is 0.329 e. The largest absolute Gasteiger partial charge is 0.469 e.